The van der Waals surface area contributed by atoms with E-state index in [1.54, 1.807) is 0 Å². The lowest BCUT2D eigenvalue weighted by molar-refractivity contribution is 0.0259. The molecule has 0 amide bonds. The van der Waals surface area contributed by atoms with E-state index in [1.807, 2.05) is 30.3 Å². The summed E-state index contributed by atoms with van der Waals surface area (Å²) in [5.74, 6) is 2.22. The second-order valence-electron chi connectivity index (χ2n) is 6.82. The summed E-state index contributed by atoms with van der Waals surface area (Å²) in [5.41, 5.74) is 6.35. The Morgan fingerprint density at radius 1 is 1.20 bits per heavy atom. The van der Waals surface area contributed by atoms with Crippen molar-refractivity contribution in [2.45, 2.75) is 52.6 Å². The zero-order valence-electron chi connectivity index (χ0n) is 13.1. The van der Waals surface area contributed by atoms with Gasteiger partial charge in [0.1, 0.15) is 11.9 Å². The average Bonchev–Trinajstić information content (AvgIpc) is 2.48. The van der Waals surface area contributed by atoms with Crippen LogP contribution in [-0.2, 0) is 0 Å². The second kappa shape index (κ2) is 6.62. The average molecular weight is 275 g/mol. The molecular formula is C18H29NO. The van der Waals surface area contributed by atoms with E-state index in [1.165, 1.54) is 19.3 Å². The van der Waals surface area contributed by atoms with E-state index >= 15 is 0 Å². The molecule has 2 heteroatoms. The summed E-state index contributed by atoms with van der Waals surface area (Å²) in [5, 5.41) is 0. The van der Waals surface area contributed by atoms with Gasteiger partial charge in [0.2, 0.25) is 0 Å². The van der Waals surface area contributed by atoms with Crippen LogP contribution < -0.4 is 10.5 Å². The zero-order valence-corrected chi connectivity index (χ0v) is 13.1. The predicted molar refractivity (Wildman–Crippen MR) is 84.8 cm³/mol. The van der Waals surface area contributed by atoms with Gasteiger partial charge in [-0.25, -0.2) is 0 Å². The Labute approximate surface area is 123 Å². The zero-order chi connectivity index (χ0) is 14.6. The highest BCUT2D eigenvalue weighted by Crippen LogP contribution is 2.43. The van der Waals surface area contributed by atoms with Crippen LogP contribution in [0.5, 0.6) is 5.75 Å². The molecule has 1 saturated carbocycles. The molecule has 1 aliphatic rings. The highest BCUT2D eigenvalue weighted by molar-refractivity contribution is 5.21. The summed E-state index contributed by atoms with van der Waals surface area (Å²) < 4.78 is 6.25. The molecule has 3 unspecified atom stereocenters. The van der Waals surface area contributed by atoms with E-state index in [0.717, 1.165) is 24.6 Å². The first-order valence-electron chi connectivity index (χ1n) is 7.98. The lowest BCUT2D eigenvalue weighted by Gasteiger charge is -2.42. The van der Waals surface area contributed by atoms with Crippen LogP contribution in [0.4, 0.5) is 0 Å². The van der Waals surface area contributed by atoms with Gasteiger partial charge in [-0.1, -0.05) is 45.4 Å². The van der Waals surface area contributed by atoms with Crippen LogP contribution in [0.1, 0.15) is 46.5 Å². The number of hydrogen-bond acceptors (Lipinski definition) is 2. The number of hydrogen-bond donors (Lipinski definition) is 1. The van der Waals surface area contributed by atoms with Gasteiger partial charge >= 0.3 is 0 Å². The van der Waals surface area contributed by atoms with E-state index < -0.39 is 0 Å². The highest BCUT2D eigenvalue weighted by Gasteiger charge is 2.37. The molecule has 0 heterocycles. The van der Waals surface area contributed by atoms with E-state index in [4.69, 9.17) is 10.5 Å². The van der Waals surface area contributed by atoms with Crippen LogP contribution in [0.2, 0.25) is 0 Å². The van der Waals surface area contributed by atoms with Gasteiger partial charge < -0.3 is 10.5 Å². The molecule has 112 valence electrons. The van der Waals surface area contributed by atoms with Crippen LogP contribution in [0.25, 0.3) is 0 Å². The minimum absolute atomic E-state index is 0.270. The van der Waals surface area contributed by atoms with Crippen LogP contribution >= 0.6 is 0 Å². The van der Waals surface area contributed by atoms with Crippen molar-refractivity contribution < 1.29 is 4.74 Å². The molecule has 0 aliphatic heterocycles. The number of para-hydroxylation sites is 1. The fraction of sp³-hybridized carbons (Fsp3) is 0.667. The van der Waals surface area contributed by atoms with E-state index in [9.17, 15) is 0 Å². The smallest absolute Gasteiger partial charge is 0.119 e. The fourth-order valence-corrected chi connectivity index (χ4v) is 3.28. The molecule has 0 radical (unpaired) electrons. The molecule has 2 N–H and O–H groups in total. The topological polar surface area (TPSA) is 35.2 Å². The molecule has 3 atom stereocenters. The van der Waals surface area contributed by atoms with Gasteiger partial charge in [-0.2, -0.15) is 0 Å². The molecule has 0 saturated heterocycles. The SMILES string of the molecule is CCC(C)(C)C1CCC(CN)C(Oc2ccccc2)C1. The first-order chi connectivity index (χ1) is 9.56. The summed E-state index contributed by atoms with van der Waals surface area (Å²) in [6, 6.07) is 10.2. The third-order valence-corrected chi connectivity index (χ3v) is 5.28. The van der Waals surface area contributed by atoms with Crippen molar-refractivity contribution in [2.24, 2.45) is 23.0 Å². The van der Waals surface area contributed by atoms with Crippen molar-refractivity contribution in [3.05, 3.63) is 30.3 Å². The normalized spacial score (nSPS) is 27.3. The number of benzene rings is 1. The molecule has 1 aliphatic carbocycles. The summed E-state index contributed by atoms with van der Waals surface area (Å²) in [6.45, 7) is 7.80. The molecule has 0 bridgehead atoms. The van der Waals surface area contributed by atoms with Gasteiger partial charge in [-0.15, -0.1) is 0 Å². The van der Waals surface area contributed by atoms with Crippen molar-refractivity contribution in [3.8, 4) is 5.75 Å². The highest BCUT2D eigenvalue weighted by atomic mass is 16.5. The molecular weight excluding hydrogens is 246 g/mol. The van der Waals surface area contributed by atoms with E-state index in [0.29, 0.717) is 11.3 Å². The minimum atomic E-state index is 0.270. The molecule has 1 aromatic carbocycles. The van der Waals surface area contributed by atoms with Gasteiger partial charge in [0.15, 0.2) is 0 Å². The predicted octanol–water partition coefficient (Wildman–Crippen LogP) is 4.25. The fourth-order valence-electron chi connectivity index (χ4n) is 3.28. The molecule has 0 aromatic heterocycles. The summed E-state index contributed by atoms with van der Waals surface area (Å²) in [4.78, 5) is 0. The molecule has 1 fully saturated rings. The largest absolute Gasteiger partial charge is 0.490 e. The Kier molecular flexibility index (Phi) is 5.09. The van der Waals surface area contributed by atoms with Crippen LogP contribution in [-0.4, -0.2) is 12.6 Å². The molecule has 2 rings (SSSR count). The lowest BCUT2D eigenvalue weighted by atomic mass is 9.66. The van der Waals surface area contributed by atoms with Crippen molar-refractivity contribution in [1.29, 1.82) is 0 Å². The monoisotopic (exact) mass is 275 g/mol. The Morgan fingerprint density at radius 3 is 2.50 bits per heavy atom. The first kappa shape index (κ1) is 15.4. The Morgan fingerprint density at radius 2 is 1.90 bits per heavy atom. The minimum Gasteiger partial charge on any atom is -0.490 e. The second-order valence-corrected chi connectivity index (χ2v) is 6.82. The maximum absolute atomic E-state index is 6.25. The van der Waals surface area contributed by atoms with Crippen molar-refractivity contribution >= 4 is 0 Å². The number of ether oxygens (including phenoxy) is 1. The van der Waals surface area contributed by atoms with E-state index in [-0.39, 0.29) is 6.10 Å². The molecule has 2 nitrogen and oxygen atoms in total. The summed E-state index contributed by atoms with van der Waals surface area (Å²) in [6.07, 6.45) is 5.12. The summed E-state index contributed by atoms with van der Waals surface area (Å²) >= 11 is 0. The Balaban J connectivity index is 2.07. The van der Waals surface area contributed by atoms with Crippen LogP contribution in [0.15, 0.2) is 30.3 Å². The van der Waals surface area contributed by atoms with Crippen molar-refractivity contribution in [3.63, 3.8) is 0 Å². The third kappa shape index (κ3) is 3.54. The van der Waals surface area contributed by atoms with Crippen molar-refractivity contribution in [1.82, 2.24) is 0 Å². The lowest BCUT2D eigenvalue weighted by Crippen LogP contribution is -2.41. The molecule has 1 aromatic rings. The van der Waals surface area contributed by atoms with Crippen LogP contribution in [0, 0.1) is 17.3 Å². The first-order valence-corrected chi connectivity index (χ1v) is 7.98. The number of nitrogens with two attached hydrogens (primary N) is 1. The van der Waals surface area contributed by atoms with E-state index in [2.05, 4.69) is 20.8 Å². The third-order valence-electron chi connectivity index (χ3n) is 5.28. The summed E-state index contributed by atoms with van der Waals surface area (Å²) in [7, 11) is 0. The number of rotatable bonds is 5. The van der Waals surface area contributed by atoms with Crippen molar-refractivity contribution in [2.75, 3.05) is 6.54 Å². The maximum atomic E-state index is 6.25. The van der Waals surface area contributed by atoms with Gasteiger partial charge in [0.25, 0.3) is 0 Å². The van der Waals surface area contributed by atoms with Crippen LogP contribution in [0.3, 0.4) is 0 Å². The quantitative estimate of drug-likeness (QED) is 0.872. The van der Waals surface area contributed by atoms with Gasteiger partial charge in [-0.05, 0) is 49.3 Å². The maximum Gasteiger partial charge on any atom is 0.119 e. The molecule has 0 spiro atoms. The standard InChI is InChI=1S/C18H29NO/c1-4-18(2,3)15-11-10-14(13-19)17(12-15)20-16-8-6-5-7-9-16/h5-9,14-15,17H,4,10-13,19H2,1-3H3. The Hall–Kier alpha value is -1.02. The molecule has 20 heavy (non-hydrogen) atoms. The van der Waals surface area contributed by atoms with Gasteiger partial charge in [0.05, 0.1) is 0 Å². The Bertz CT molecular complexity index is 401. The van der Waals surface area contributed by atoms with Gasteiger partial charge in [-0.3, -0.25) is 0 Å². The van der Waals surface area contributed by atoms with Gasteiger partial charge in [0, 0.05) is 5.92 Å².